The first-order valence-electron chi connectivity index (χ1n) is 9.61. The van der Waals surface area contributed by atoms with E-state index in [4.69, 9.17) is 23.2 Å². The fourth-order valence-corrected chi connectivity index (χ4v) is 4.74. The highest BCUT2D eigenvalue weighted by Gasteiger charge is 2.15. The molecule has 0 fully saturated rings. The summed E-state index contributed by atoms with van der Waals surface area (Å²) in [6.07, 6.45) is 0. The Morgan fingerprint density at radius 3 is 2.73 bits per heavy atom. The first-order chi connectivity index (χ1) is 14.5. The van der Waals surface area contributed by atoms with Crippen LogP contribution in [0.3, 0.4) is 0 Å². The number of rotatable bonds is 8. The van der Waals surface area contributed by atoms with E-state index >= 15 is 0 Å². The number of fused-ring (bicyclic) bond motifs is 1. The number of nitrogens with zero attached hydrogens (tertiary/aromatic N) is 5. The highest BCUT2D eigenvalue weighted by atomic mass is 35.5. The number of hydrogen-bond donors (Lipinski definition) is 1. The number of halogens is 2. The van der Waals surface area contributed by atoms with Gasteiger partial charge in [0, 0.05) is 59.1 Å². The molecule has 0 spiro atoms. The number of tetrazole rings is 1. The average molecular weight is 461 g/mol. The monoisotopic (exact) mass is 460 g/mol. The molecule has 0 amide bonds. The molecular formula is C21H22Cl2N6S. The minimum absolute atomic E-state index is 0.651. The van der Waals surface area contributed by atoms with Gasteiger partial charge in [0.25, 0.3) is 0 Å². The highest BCUT2D eigenvalue weighted by molar-refractivity contribution is 7.99. The second-order valence-corrected chi connectivity index (χ2v) is 8.92. The molecule has 0 aliphatic heterocycles. The van der Waals surface area contributed by atoms with Crippen molar-refractivity contribution in [1.82, 2.24) is 30.1 Å². The third kappa shape index (κ3) is 4.49. The zero-order chi connectivity index (χ0) is 21.1. The van der Waals surface area contributed by atoms with E-state index in [9.17, 15) is 0 Å². The van der Waals surface area contributed by atoms with Crippen LogP contribution in [0.15, 0.2) is 47.6 Å². The van der Waals surface area contributed by atoms with Gasteiger partial charge in [-0.05, 0) is 46.7 Å². The minimum atomic E-state index is 0.651. The van der Waals surface area contributed by atoms with E-state index in [0.717, 1.165) is 29.6 Å². The van der Waals surface area contributed by atoms with Crippen LogP contribution < -0.4 is 5.32 Å². The zero-order valence-corrected chi connectivity index (χ0v) is 19.1. The lowest BCUT2D eigenvalue weighted by Crippen LogP contribution is -2.17. The Bertz CT molecular complexity index is 1170. The van der Waals surface area contributed by atoms with Crippen molar-refractivity contribution in [2.45, 2.75) is 25.2 Å². The molecule has 4 rings (SSSR count). The van der Waals surface area contributed by atoms with Gasteiger partial charge in [0.2, 0.25) is 5.16 Å². The number of aryl methyl sites for hydroxylation is 1. The van der Waals surface area contributed by atoms with E-state index in [0.29, 0.717) is 16.6 Å². The first-order valence-corrected chi connectivity index (χ1v) is 11.3. The number of hydrogen-bond acceptors (Lipinski definition) is 5. The molecule has 30 heavy (non-hydrogen) atoms. The van der Waals surface area contributed by atoms with Crippen molar-refractivity contribution in [3.8, 4) is 0 Å². The summed E-state index contributed by atoms with van der Waals surface area (Å²) in [4.78, 5) is 0. The molecule has 0 atom stereocenters. The zero-order valence-electron chi connectivity index (χ0n) is 16.8. The van der Waals surface area contributed by atoms with Gasteiger partial charge in [-0.2, -0.15) is 0 Å². The Morgan fingerprint density at radius 1 is 1.13 bits per heavy atom. The summed E-state index contributed by atoms with van der Waals surface area (Å²) in [5.74, 6) is 0.895. The van der Waals surface area contributed by atoms with E-state index in [-0.39, 0.29) is 0 Å². The lowest BCUT2D eigenvalue weighted by Gasteiger charge is -2.11. The first kappa shape index (κ1) is 21.2. The average Bonchev–Trinajstić information content (AvgIpc) is 3.25. The van der Waals surface area contributed by atoms with Gasteiger partial charge in [0.05, 0.1) is 0 Å². The summed E-state index contributed by atoms with van der Waals surface area (Å²) in [5.41, 5.74) is 4.80. The lowest BCUT2D eigenvalue weighted by molar-refractivity contribution is 0.663. The Balaban J connectivity index is 1.49. The van der Waals surface area contributed by atoms with Crippen LogP contribution in [-0.4, -0.2) is 37.1 Å². The predicted octanol–water partition coefficient (Wildman–Crippen LogP) is 4.71. The maximum atomic E-state index is 6.43. The maximum Gasteiger partial charge on any atom is 0.209 e. The third-order valence-corrected chi connectivity index (χ3v) is 6.70. The number of thioether (sulfide) groups is 1. The number of aromatic nitrogens is 5. The second-order valence-electron chi connectivity index (χ2n) is 7.01. The van der Waals surface area contributed by atoms with Gasteiger partial charge in [0.1, 0.15) is 0 Å². The van der Waals surface area contributed by atoms with E-state index in [1.807, 2.05) is 19.2 Å². The minimum Gasteiger partial charge on any atom is -0.340 e. The molecule has 0 unspecified atom stereocenters. The number of para-hydroxylation sites is 1. The van der Waals surface area contributed by atoms with Crippen molar-refractivity contribution in [1.29, 1.82) is 0 Å². The topological polar surface area (TPSA) is 60.6 Å². The number of nitrogens with one attached hydrogen (secondary N) is 1. The van der Waals surface area contributed by atoms with Crippen molar-refractivity contribution in [2.75, 3.05) is 12.3 Å². The molecular weight excluding hydrogens is 439 g/mol. The van der Waals surface area contributed by atoms with Crippen molar-refractivity contribution in [3.05, 3.63) is 69.3 Å². The highest BCUT2D eigenvalue weighted by Crippen LogP contribution is 2.29. The second kappa shape index (κ2) is 9.39. The summed E-state index contributed by atoms with van der Waals surface area (Å²) < 4.78 is 4.01. The van der Waals surface area contributed by atoms with E-state index in [1.54, 1.807) is 22.5 Å². The van der Waals surface area contributed by atoms with Gasteiger partial charge in [-0.15, -0.1) is 5.10 Å². The number of benzene rings is 2. The molecule has 0 radical (unpaired) electrons. The largest absolute Gasteiger partial charge is 0.340 e. The fraction of sp³-hybridized carbons (Fsp3) is 0.286. The van der Waals surface area contributed by atoms with Crippen LogP contribution in [0.5, 0.6) is 0 Å². The summed E-state index contributed by atoms with van der Waals surface area (Å²) >= 11 is 14.1. The predicted molar refractivity (Wildman–Crippen MR) is 123 cm³/mol. The van der Waals surface area contributed by atoms with Crippen LogP contribution in [0, 0.1) is 6.92 Å². The standard InChI is InChI=1S/C21H22Cl2N6S/c1-14-18(12-24-9-10-30-21-25-26-27-28(21)2)17-5-3-4-6-20(17)29(14)13-15-7-8-16(22)11-19(15)23/h3-8,11,24H,9-10,12-13H2,1-2H3. The molecule has 4 aromatic rings. The maximum absolute atomic E-state index is 6.43. The van der Waals surface area contributed by atoms with Crippen LogP contribution in [-0.2, 0) is 20.1 Å². The van der Waals surface area contributed by atoms with Crippen molar-refractivity contribution >= 4 is 45.9 Å². The van der Waals surface area contributed by atoms with Gasteiger partial charge in [-0.25, -0.2) is 4.68 Å². The molecule has 0 aliphatic rings. The van der Waals surface area contributed by atoms with Crippen molar-refractivity contribution in [3.63, 3.8) is 0 Å². The van der Waals surface area contributed by atoms with Gasteiger partial charge in [-0.3, -0.25) is 0 Å². The molecule has 1 N–H and O–H groups in total. The van der Waals surface area contributed by atoms with Gasteiger partial charge < -0.3 is 9.88 Å². The molecule has 0 bridgehead atoms. The Morgan fingerprint density at radius 2 is 1.97 bits per heavy atom. The van der Waals surface area contributed by atoms with E-state index in [2.05, 4.69) is 56.6 Å². The molecule has 6 nitrogen and oxygen atoms in total. The summed E-state index contributed by atoms with van der Waals surface area (Å²) in [6, 6.07) is 14.2. The summed E-state index contributed by atoms with van der Waals surface area (Å²) in [7, 11) is 1.85. The van der Waals surface area contributed by atoms with Gasteiger partial charge in [-0.1, -0.05) is 59.2 Å². The Kier molecular flexibility index (Phi) is 6.63. The molecule has 0 saturated carbocycles. The van der Waals surface area contributed by atoms with E-state index in [1.165, 1.54) is 22.2 Å². The van der Waals surface area contributed by atoms with Gasteiger partial charge in [0.15, 0.2) is 0 Å². The molecule has 2 heterocycles. The van der Waals surface area contributed by atoms with Crippen LogP contribution in [0.1, 0.15) is 16.8 Å². The lowest BCUT2D eigenvalue weighted by atomic mass is 10.1. The van der Waals surface area contributed by atoms with Crippen LogP contribution in [0.25, 0.3) is 10.9 Å². The molecule has 2 aromatic heterocycles. The Hall–Kier alpha value is -2.06. The van der Waals surface area contributed by atoms with Crippen LogP contribution in [0.2, 0.25) is 10.0 Å². The quantitative estimate of drug-likeness (QED) is 0.304. The molecule has 0 saturated heterocycles. The van der Waals surface area contributed by atoms with Crippen LogP contribution in [0.4, 0.5) is 0 Å². The van der Waals surface area contributed by atoms with Crippen LogP contribution >= 0.6 is 35.0 Å². The van der Waals surface area contributed by atoms with E-state index < -0.39 is 0 Å². The van der Waals surface area contributed by atoms with Crippen molar-refractivity contribution in [2.24, 2.45) is 7.05 Å². The smallest absolute Gasteiger partial charge is 0.209 e. The van der Waals surface area contributed by atoms with Gasteiger partial charge >= 0.3 is 0 Å². The Labute approximate surface area is 189 Å². The summed E-state index contributed by atoms with van der Waals surface area (Å²) in [6.45, 7) is 4.53. The fourth-order valence-electron chi connectivity index (χ4n) is 3.52. The normalized spacial score (nSPS) is 11.5. The van der Waals surface area contributed by atoms with Crippen molar-refractivity contribution < 1.29 is 0 Å². The molecule has 2 aromatic carbocycles. The molecule has 9 heteroatoms. The molecule has 0 aliphatic carbocycles. The third-order valence-electron chi connectivity index (χ3n) is 5.10. The summed E-state index contributed by atoms with van der Waals surface area (Å²) in [5, 5.41) is 18.5. The molecule has 156 valence electrons. The SMILES string of the molecule is Cc1c(CNCCSc2nnnn2C)c2ccccc2n1Cc1ccc(Cl)cc1Cl.